The number of amides is 1. The van der Waals surface area contributed by atoms with Gasteiger partial charge in [-0.25, -0.2) is 4.68 Å². The van der Waals surface area contributed by atoms with Crippen molar-refractivity contribution in [1.82, 2.24) is 20.0 Å². The van der Waals surface area contributed by atoms with Crippen LogP contribution in [0.3, 0.4) is 0 Å². The van der Waals surface area contributed by atoms with Crippen molar-refractivity contribution in [2.45, 2.75) is 6.92 Å². The zero-order valence-corrected chi connectivity index (χ0v) is 13.4. The van der Waals surface area contributed by atoms with Crippen LogP contribution in [-0.2, 0) is 0 Å². The fourth-order valence-corrected chi connectivity index (χ4v) is 2.60. The Kier molecular flexibility index (Phi) is 4.18. The third-order valence-electron chi connectivity index (χ3n) is 2.84. The molecule has 0 saturated heterocycles. The highest BCUT2D eigenvalue weighted by Gasteiger charge is 2.15. The normalized spacial score (nSPS) is 10.5. The number of carbonyl (C=O) groups is 1. The second kappa shape index (κ2) is 6.27. The van der Waals surface area contributed by atoms with E-state index in [2.05, 4.69) is 20.6 Å². The fraction of sp³-hybridized carbons (Fsp3) is 0.0714. The molecular weight excluding hydrogens is 338 g/mol. The highest BCUT2D eigenvalue weighted by Crippen LogP contribution is 2.15. The highest BCUT2D eigenvalue weighted by molar-refractivity contribution is 7.15. The number of nitrogens with zero attached hydrogens (tertiary/aromatic N) is 4. The summed E-state index contributed by atoms with van der Waals surface area (Å²) in [7, 11) is 0. The van der Waals surface area contributed by atoms with E-state index in [9.17, 15) is 9.59 Å². The molecule has 116 valence electrons. The van der Waals surface area contributed by atoms with E-state index >= 15 is 0 Å². The number of carbonyl (C=O) groups excluding carboxylic acids is 1. The molecule has 1 amide bonds. The quantitative estimate of drug-likeness (QED) is 0.785. The van der Waals surface area contributed by atoms with Crippen molar-refractivity contribution in [3.8, 4) is 5.69 Å². The Morgan fingerprint density at radius 1 is 1.30 bits per heavy atom. The number of anilines is 1. The lowest BCUT2D eigenvalue weighted by Crippen LogP contribution is -2.25. The zero-order valence-electron chi connectivity index (χ0n) is 11.9. The summed E-state index contributed by atoms with van der Waals surface area (Å²) in [6.45, 7) is 1.76. The average molecular weight is 348 g/mol. The SMILES string of the molecule is Cc1nnc(NC(=O)c2nn(-c3cccc(Cl)c3)ccc2=O)s1. The second-order valence-corrected chi connectivity index (χ2v) is 6.15. The summed E-state index contributed by atoms with van der Waals surface area (Å²) in [5.74, 6) is -0.637. The minimum atomic E-state index is -0.637. The number of hydrogen-bond acceptors (Lipinski definition) is 6. The summed E-state index contributed by atoms with van der Waals surface area (Å²) in [5, 5.41) is 15.7. The van der Waals surface area contributed by atoms with E-state index in [0.717, 1.165) is 0 Å². The summed E-state index contributed by atoms with van der Waals surface area (Å²) < 4.78 is 1.41. The maximum atomic E-state index is 12.2. The lowest BCUT2D eigenvalue weighted by molar-refractivity contribution is 0.101. The van der Waals surface area contributed by atoms with Gasteiger partial charge in [-0.15, -0.1) is 10.2 Å². The van der Waals surface area contributed by atoms with E-state index in [0.29, 0.717) is 20.8 Å². The molecule has 0 unspecified atom stereocenters. The van der Waals surface area contributed by atoms with Crippen LogP contribution in [-0.4, -0.2) is 25.9 Å². The number of aromatic nitrogens is 4. The van der Waals surface area contributed by atoms with E-state index in [1.165, 1.54) is 28.3 Å². The van der Waals surface area contributed by atoms with Gasteiger partial charge in [0, 0.05) is 17.3 Å². The molecule has 0 aliphatic heterocycles. The second-order valence-electron chi connectivity index (χ2n) is 4.53. The first-order chi connectivity index (χ1) is 11.0. The van der Waals surface area contributed by atoms with Crippen molar-refractivity contribution in [1.29, 1.82) is 0 Å². The monoisotopic (exact) mass is 347 g/mol. The molecule has 0 radical (unpaired) electrons. The number of halogens is 1. The zero-order chi connectivity index (χ0) is 16.4. The first kappa shape index (κ1) is 15.3. The summed E-state index contributed by atoms with van der Waals surface area (Å²) in [4.78, 5) is 24.1. The molecule has 0 fully saturated rings. The predicted molar refractivity (Wildman–Crippen MR) is 87.4 cm³/mol. The van der Waals surface area contributed by atoms with Gasteiger partial charge in [-0.3, -0.25) is 14.9 Å². The molecule has 7 nitrogen and oxygen atoms in total. The van der Waals surface area contributed by atoms with Crippen LogP contribution in [0.25, 0.3) is 5.69 Å². The topological polar surface area (TPSA) is 89.8 Å². The van der Waals surface area contributed by atoms with Crippen molar-refractivity contribution in [2.75, 3.05) is 5.32 Å². The molecule has 9 heteroatoms. The van der Waals surface area contributed by atoms with Crippen LogP contribution in [0.2, 0.25) is 5.02 Å². The first-order valence-corrected chi connectivity index (χ1v) is 7.70. The van der Waals surface area contributed by atoms with Gasteiger partial charge >= 0.3 is 0 Å². The van der Waals surface area contributed by atoms with Gasteiger partial charge in [-0.2, -0.15) is 5.10 Å². The molecule has 2 heterocycles. The molecule has 3 rings (SSSR count). The van der Waals surface area contributed by atoms with E-state index in [-0.39, 0.29) is 5.69 Å². The predicted octanol–water partition coefficient (Wildman–Crippen LogP) is 2.30. The standard InChI is InChI=1S/C14H10ClN5O2S/c1-8-17-18-14(23-8)16-13(22)12-11(21)5-6-20(19-12)10-4-2-3-9(15)7-10/h2-7H,1H3,(H,16,18,22). The lowest BCUT2D eigenvalue weighted by Gasteiger charge is -2.07. The van der Waals surface area contributed by atoms with Gasteiger partial charge in [0.25, 0.3) is 5.91 Å². The molecule has 1 aromatic carbocycles. The van der Waals surface area contributed by atoms with Crippen molar-refractivity contribution in [2.24, 2.45) is 0 Å². The maximum absolute atomic E-state index is 12.2. The molecule has 0 aliphatic rings. The Hall–Kier alpha value is -2.58. The number of rotatable bonds is 3. The molecule has 3 aromatic rings. The number of nitrogens with one attached hydrogen (secondary N) is 1. The lowest BCUT2D eigenvalue weighted by atomic mass is 10.3. The molecule has 0 spiro atoms. The third kappa shape index (κ3) is 3.43. The van der Waals surface area contributed by atoms with Gasteiger partial charge in [0.1, 0.15) is 5.01 Å². The first-order valence-electron chi connectivity index (χ1n) is 6.50. The van der Waals surface area contributed by atoms with Gasteiger partial charge in [0.05, 0.1) is 5.69 Å². The smallest absolute Gasteiger partial charge is 0.282 e. The summed E-state index contributed by atoms with van der Waals surface area (Å²) >= 11 is 7.15. The molecule has 1 N–H and O–H groups in total. The van der Waals surface area contributed by atoms with Crippen molar-refractivity contribution >= 4 is 34.0 Å². The summed E-state index contributed by atoms with van der Waals surface area (Å²) in [6.07, 6.45) is 1.47. The van der Waals surface area contributed by atoms with Crippen LogP contribution < -0.4 is 10.7 Å². The Bertz CT molecular complexity index is 937. The van der Waals surface area contributed by atoms with E-state index in [1.807, 2.05) is 0 Å². The Labute approximate surface area is 139 Å². The maximum Gasteiger partial charge on any atom is 0.282 e. The molecule has 0 saturated carbocycles. The molecule has 0 atom stereocenters. The summed E-state index contributed by atoms with van der Waals surface area (Å²) in [5.41, 5.74) is -0.0827. The van der Waals surface area contributed by atoms with E-state index in [1.54, 1.807) is 31.2 Å². The average Bonchev–Trinajstić information content (AvgIpc) is 2.92. The summed E-state index contributed by atoms with van der Waals surface area (Å²) in [6, 6.07) is 8.18. The number of aryl methyl sites for hydroxylation is 1. The molecular formula is C14H10ClN5O2S. The molecule has 0 bridgehead atoms. The van der Waals surface area contributed by atoms with E-state index in [4.69, 9.17) is 11.6 Å². The minimum absolute atomic E-state index is 0.236. The molecule has 0 aliphatic carbocycles. The van der Waals surface area contributed by atoms with Crippen molar-refractivity contribution in [3.05, 3.63) is 62.5 Å². The van der Waals surface area contributed by atoms with Crippen LogP contribution in [0.15, 0.2) is 41.3 Å². The van der Waals surface area contributed by atoms with Gasteiger partial charge in [-0.05, 0) is 25.1 Å². The highest BCUT2D eigenvalue weighted by atomic mass is 35.5. The van der Waals surface area contributed by atoms with Crippen LogP contribution in [0.4, 0.5) is 5.13 Å². The third-order valence-corrected chi connectivity index (χ3v) is 3.83. The Morgan fingerprint density at radius 2 is 2.13 bits per heavy atom. The Balaban J connectivity index is 1.94. The van der Waals surface area contributed by atoms with Gasteiger partial charge in [0.15, 0.2) is 5.69 Å². The van der Waals surface area contributed by atoms with Crippen molar-refractivity contribution < 1.29 is 4.79 Å². The van der Waals surface area contributed by atoms with Crippen LogP contribution in [0, 0.1) is 6.92 Å². The van der Waals surface area contributed by atoms with Gasteiger partial charge in [-0.1, -0.05) is 29.0 Å². The van der Waals surface area contributed by atoms with Crippen molar-refractivity contribution in [3.63, 3.8) is 0 Å². The molecule has 23 heavy (non-hydrogen) atoms. The molecule has 2 aromatic heterocycles. The number of hydrogen-bond donors (Lipinski definition) is 1. The van der Waals surface area contributed by atoms with Gasteiger partial charge in [0.2, 0.25) is 10.6 Å². The van der Waals surface area contributed by atoms with Crippen LogP contribution in [0.5, 0.6) is 0 Å². The number of benzene rings is 1. The largest absolute Gasteiger partial charge is 0.295 e. The fourth-order valence-electron chi connectivity index (χ4n) is 1.83. The Morgan fingerprint density at radius 3 is 2.83 bits per heavy atom. The van der Waals surface area contributed by atoms with E-state index < -0.39 is 11.3 Å². The minimum Gasteiger partial charge on any atom is -0.295 e. The van der Waals surface area contributed by atoms with Crippen LogP contribution >= 0.6 is 22.9 Å². The van der Waals surface area contributed by atoms with Crippen LogP contribution in [0.1, 0.15) is 15.5 Å². The van der Waals surface area contributed by atoms with Gasteiger partial charge < -0.3 is 0 Å².